The molecule has 2 aliphatic rings. The zero-order valence-corrected chi connectivity index (χ0v) is 15.3. The van der Waals surface area contributed by atoms with Crippen molar-refractivity contribution < 1.29 is 19.0 Å². The van der Waals surface area contributed by atoms with Gasteiger partial charge in [-0.1, -0.05) is 30.3 Å². The smallest absolute Gasteiger partial charge is 0.228 e. The molecule has 2 fully saturated rings. The number of nitrogens with one attached hydrogen (secondary N) is 1. The lowest BCUT2D eigenvalue weighted by Gasteiger charge is -2.37. The highest BCUT2D eigenvalue weighted by atomic mass is 16.7. The van der Waals surface area contributed by atoms with Crippen molar-refractivity contribution in [3.05, 3.63) is 35.9 Å². The normalized spacial score (nSPS) is 22.9. The van der Waals surface area contributed by atoms with Crippen LogP contribution in [0.25, 0.3) is 0 Å². The summed E-state index contributed by atoms with van der Waals surface area (Å²) in [5.41, 5.74) is 0.542. The molecule has 0 bridgehead atoms. The van der Waals surface area contributed by atoms with Crippen LogP contribution in [0, 0.1) is 5.41 Å². The maximum atomic E-state index is 12.7. The highest BCUT2D eigenvalue weighted by Crippen LogP contribution is 2.36. The van der Waals surface area contributed by atoms with Gasteiger partial charge in [-0.15, -0.1) is 0 Å². The standard InChI is InChI=1S/C20H29NO4/c1-19(2,15-23-14-16-7-4-3-5-8-16)18(22)21-17-9-6-10-20(13-17)24-11-12-25-20/h3-5,7-8,17H,6,9-15H2,1-2H3,(H,21,22). The van der Waals surface area contributed by atoms with E-state index in [1.165, 1.54) is 0 Å². The van der Waals surface area contributed by atoms with Gasteiger partial charge in [-0.3, -0.25) is 4.79 Å². The zero-order valence-electron chi connectivity index (χ0n) is 15.3. The van der Waals surface area contributed by atoms with Crippen LogP contribution in [0.3, 0.4) is 0 Å². The lowest BCUT2D eigenvalue weighted by molar-refractivity contribution is -0.182. The lowest BCUT2D eigenvalue weighted by Crippen LogP contribution is -2.50. The van der Waals surface area contributed by atoms with E-state index in [-0.39, 0.29) is 11.9 Å². The minimum Gasteiger partial charge on any atom is -0.376 e. The highest BCUT2D eigenvalue weighted by Gasteiger charge is 2.42. The first-order chi connectivity index (χ1) is 12.0. The van der Waals surface area contributed by atoms with Gasteiger partial charge in [-0.05, 0) is 32.3 Å². The van der Waals surface area contributed by atoms with E-state index in [2.05, 4.69) is 5.32 Å². The molecule has 1 amide bonds. The Labute approximate surface area is 150 Å². The number of carbonyl (C=O) groups is 1. The fourth-order valence-electron chi connectivity index (χ4n) is 3.52. The Kier molecular flexibility index (Phi) is 5.77. The summed E-state index contributed by atoms with van der Waals surface area (Å²) >= 11 is 0. The Morgan fingerprint density at radius 1 is 1.28 bits per heavy atom. The molecule has 1 heterocycles. The summed E-state index contributed by atoms with van der Waals surface area (Å²) in [6.45, 7) is 6.06. The summed E-state index contributed by atoms with van der Waals surface area (Å²) in [7, 11) is 0. The molecule has 1 atom stereocenters. The maximum Gasteiger partial charge on any atom is 0.228 e. The van der Waals surface area contributed by atoms with Crippen LogP contribution in [0.5, 0.6) is 0 Å². The van der Waals surface area contributed by atoms with Crippen molar-refractivity contribution in [2.45, 2.75) is 58.0 Å². The third-order valence-electron chi connectivity index (χ3n) is 5.01. The van der Waals surface area contributed by atoms with Gasteiger partial charge in [0, 0.05) is 18.9 Å². The molecule has 0 radical (unpaired) electrons. The molecule has 1 aliphatic carbocycles. The second-order valence-corrected chi connectivity index (χ2v) is 7.74. The summed E-state index contributed by atoms with van der Waals surface area (Å²) in [6, 6.07) is 10.1. The number of hydrogen-bond acceptors (Lipinski definition) is 4. The van der Waals surface area contributed by atoms with Crippen LogP contribution in [0.15, 0.2) is 30.3 Å². The third-order valence-corrected chi connectivity index (χ3v) is 5.01. The second kappa shape index (κ2) is 7.85. The van der Waals surface area contributed by atoms with Gasteiger partial charge in [0.05, 0.1) is 31.8 Å². The Morgan fingerprint density at radius 2 is 2.00 bits per heavy atom. The Morgan fingerprint density at radius 3 is 2.72 bits per heavy atom. The van der Waals surface area contributed by atoms with E-state index in [0.29, 0.717) is 26.4 Å². The molecule has 1 N–H and O–H groups in total. The molecule has 5 heteroatoms. The van der Waals surface area contributed by atoms with Crippen LogP contribution in [0.4, 0.5) is 0 Å². The molecule has 138 valence electrons. The molecule has 1 saturated heterocycles. The van der Waals surface area contributed by atoms with E-state index in [1.54, 1.807) is 0 Å². The summed E-state index contributed by atoms with van der Waals surface area (Å²) in [6.07, 6.45) is 3.64. The molecule has 1 aromatic rings. The first kappa shape index (κ1) is 18.4. The fourth-order valence-corrected chi connectivity index (χ4v) is 3.52. The van der Waals surface area contributed by atoms with Crippen molar-refractivity contribution in [1.82, 2.24) is 5.32 Å². The SMILES string of the molecule is CC(C)(COCc1ccccc1)C(=O)NC1CCCC2(C1)OCCO2. The number of hydrogen-bond donors (Lipinski definition) is 1. The molecule has 1 spiro atoms. The van der Waals surface area contributed by atoms with E-state index in [0.717, 1.165) is 31.2 Å². The van der Waals surface area contributed by atoms with E-state index < -0.39 is 11.2 Å². The number of benzene rings is 1. The lowest BCUT2D eigenvalue weighted by atomic mass is 9.87. The van der Waals surface area contributed by atoms with Crippen LogP contribution in [-0.2, 0) is 25.6 Å². The van der Waals surface area contributed by atoms with Crippen LogP contribution in [0.2, 0.25) is 0 Å². The van der Waals surface area contributed by atoms with E-state index in [9.17, 15) is 4.79 Å². The van der Waals surface area contributed by atoms with Crippen LogP contribution in [0.1, 0.15) is 45.1 Å². The van der Waals surface area contributed by atoms with E-state index >= 15 is 0 Å². The molecule has 1 aromatic carbocycles. The van der Waals surface area contributed by atoms with Gasteiger partial charge >= 0.3 is 0 Å². The number of carbonyl (C=O) groups excluding carboxylic acids is 1. The number of ether oxygens (including phenoxy) is 3. The second-order valence-electron chi connectivity index (χ2n) is 7.74. The molecule has 0 aromatic heterocycles. The van der Waals surface area contributed by atoms with Crippen molar-refractivity contribution in [3.8, 4) is 0 Å². The Hall–Kier alpha value is -1.43. The predicted molar refractivity (Wildman–Crippen MR) is 94.9 cm³/mol. The zero-order chi connectivity index (χ0) is 17.8. The Balaban J connectivity index is 1.47. The van der Waals surface area contributed by atoms with Crippen molar-refractivity contribution in [2.24, 2.45) is 5.41 Å². The van der Waals surface area contributed by atoms with Gasteiger partial charge in [-0.2, -0.15) is 0 Å². The van der Waals surface area contributed by atoms with Crippen molar-refractivity contribution in [3.63, 3.8) is 0 Å². The summed E-state index contributed by atoms with van der Waals surface area (Å²) in [4.78, 5) is 12.7. The third kappa shape index (κ3) is 4.81. The molecule has 1 unspecified atom stereocenters. The molecule has 1 aliphatic heterocycles. The molecule has 1 saturated carbocycles. The van der Waals surface area contributed by atoms with Crippen molar-refractivity contribution in [2.75, 3.05) is 19.8 Å². The summed E-state index contributed by atoms with van der Waals surface area (Å²) in [5.74, 6) is -0.440. The largest absolute Gasteiger partial charge is 0.376 e. The monoisotopic (exact) mass is 347 g/mol. The van der Waals surface area contributed by atoms with E-state index in [4.69, 9.17) is 14.2 Å². The minimum atomic E-state index is -0.573. The van der Waals surface area contributed by atoms with Gasteiger partial charge in [-0.25, -0.2) is 0 Å². The van der Waals surface area contributed by atoms with Crippen LogP contribution >= 0.6 is 0 Å². The molecule has 3 rings (SSSR count). The van der Waals surface area contributed by atoms with Crippen molar-refractivity contribution >= 4 is 5.91 Å². The quantitative estimate of drug-likeness (QED) is 0.859. The molecule has 25 heavy (non-hydrogen) atoms. The van der Waals surface area contributed by atoms with Crippen LogP contribution < -0.4 is 5.32 Å². The highest BCUT2D eigenvalue weighted by molar-refractivity contribution is 5.82. The first-order valence-corrected chi connectivity index (χ1v) is 9.20. The van der Waals surface area contributed by atoms with Gasteiger partial charge < -0.3 is 19.5 Å². The Bertz CT molecular complexity index is 566. The first-order valence-electron chi connectivity index (χ1n) is 9.20. The predicted octanol–water partition coefficient (Wildman–Crippen LogP) is 3.03. The average molecular weight is 347 g/mol. The fraction of sp³-hybridized carbons (Fsp3) is 0.650. The summed E-state index contributed by atoms with van der Waals surface area (Å²) < 4.78 is 17.4. The van der Waals surface area contributed by atoms with Gasteiger partial charge in [0.2, 0.25) is 5.91 Å². The topological polar surface area (TPSA) is 56.8 Å². The average Bonchev–Trinajstić information content (AvgIpc) is 3.03. The van der Waals surface area contributed by atoms with Gasteiger partial charge in [0.15, 0.2) is 5.79 Å². The molecular weight excluding hydrogens is 318 g/mol. The van der Waals surface area contributed by atoms with Crippen molar-refractivity contribution in [1.29, 1.82) is 0 Å². The number of rotatable bonds is 6. The maximum absolute atomic E-state index is 12.7. The van der Waals surface area contributed by atoms with Gasteiger partial charge in [0.1, 0.15) is 0 Å². The molecular formula is C20H29NO4. The van der Waals surface area contributed by atoms with Gasteiger partial charge in [0.25, 0.3) is 0 Å². The minimum absolute atomic E-state index is 0.0283. The number of amides is 1. The summed E-state index contributed by atoms with van der Waals surface area (Å²) in [5, 5.41) is 3.18. The van der Waals surface area contributed by atoms with Crippen LogP contribution in [-0.4, -0.2) is 37.6 Å². The molecule has 5 nitrogen and oxygen atoms in total. The van der Waals surface area contributed by atoms with E-state index in [1.807, 2.05) is 44.2 Å².